The number of ether oxygens (including phenoxy) is 2. The van der Waals surface area contributed by atoms with E-state index in [2.05, 4.69) is 15.8 Å². The van der Waals surface area contributed by atoms with Crippen molar-refractivity contribution in [2.24, 2.45) is 5.10 Å². The van der Waals surface area contributed by atoms with Crippen LogP contribution < -0.4 is 20.2 Å². The summed E-state index contributed by atoms with van der Waals surface area (Å²) in [5, 5.41) is 8.84. The van der Waals surface area contributed by atoms with Crippen molar-refractivity contribution in [3.8, 4) is 11.5 Å². The lowest BCUT2D eigenvalue weighted by Gasteiger charge is -2.07. The van der Waals surface area contributed by atoms with Crippen LogP contribution in [0.15, 0.2) is 65.8 Å². The van der Waals surface area contributed by atoms with Crippen LogP contribution in [-0.2, 0) is 4.79 Å². The Bertz CT molecular complexity index is 1120. The molecular weight excluding hydrogens is 370 g/mol. The second kappa shape index (κ2) is 8.02. The Morgan fingerprint density at radius 2 is 1.76 bits per heavy atom. The molecule has 29 heavy (non-hydrogen) atoms. The minimum absolute atomic E-state index is 0.0481. The first-order valence-corrected chi connectivity index (χ1v) is 9.10. The van der Waals surface area contributed by atoms with Gasteiger partial charge in [-0.25, -0.2) is 5.43 Å². The molecule has 0 unspecified atom stereocenters. The maximum absolute atomic E-state index is 12.3. The molecule has 7 nitrogen and oxygen atoms in total. The number of hydrogen-bond acceptors (Lipinski definition) is 5. The molecule has 1 heterocycles. The quantitative estimate of drug-likeness (QED) is 0.514. The van der Waals surface area contributed by atoms with E-state index < -0.39 is 0 Å². The first-order chi connectivity index (χ1) is 14.1. The molecule has 0 aromatic heterocycles. The average Bonchev–Trinajstić information content (AvgIpc) is 3.19. The number of benzene rings is 3. The van der Waals surface area contributed by atoms with Crippen molar-refractivity contribution in [2.45, 2.75) is 13.3 Å². The summed E-state index contributed by atoms with van der Waals surface area (Å²) in [6.45, 7) is 1.86. The second-order valence-electron chi connectivity index (χ2n) is 6.64. The zero-order valence-electron chi connectivity index (χ0n) is 15.8. The predicted molar refractivity (Wildman–Crippen MR) is 110 cm³/mol. The van der Waals surface area contributed by atoms with Crippen LogP contribution in [-0.4, -0.2) is 24.3 Å². The molecule has 2 N–H and O–H groups in total. The number of rotatable bonds is 5. The molecule has 0 atom stereocenters. The van der Waals surface area contributed by atoms with Crippen molar-refractivity contribution in [2.75, 3.05) is 12.1 Å². The summed E-state index contributed by atoms with van der Waals surface area (Å²) >= 11 is 0. The normalized spacial score (nSPS) is 12.7. The predicted octanol–water partition coefficient (Wildman–Crippen LogP) is 3.70. The second-order valence-corrected chi connectivity index (χ2v) is 6.64. The number of hydrogen-bond donors (Lipinski definition) is 2. The van der Waals surface area contributed by atoms with Gasteiger partial charge in [0, 0.05) is 23.0 Å². The molecular formula is C22H19N3O4. The largest absolute Gasteiger partial charge is 0.454 e. The summed E-state index contributed by atoms with van der Waals surface area (Å²) in [4.78, 5) is 24.5. The standard InChI is InChI=1S/C22H19N3O4/c1-14(10-21(26)23-18-8-9-19-20(12-18)29-13-28-19)24-25-22(27)17-7-6-15-4-2-3-5-16(15)11-17/h2-9,11-12H,10,13H2,1H3,(H,23,26)(H,25,27)/b24-14+. The highest BCUT2D eigenvalue weighted by atomic mass is 16.7. The van der Waals surface area contributed by atoms with Crippen LogP contribution in [0, 0.1) is 0 Å². The van der Waals surface area contributed by atoms with Crippen LogP contribution in [0.25, 0.3) is 10.8 Å². The van der Waals surface area contributed by atoms with Gasteiger partial charge in [-0.1, -0.05) is 30.3 Å². The fourth-order valence-electron chi connectivity index (χ4n) is 2.99. The van der Waals surface area contributed by atoms with Gasteiger partial charge in [0.15, 0.2) is 11.5 Å². The fraction of sp³-hybridized carbons (Fsp3) is 0.136. The lowest BCUT2D eigenvalue weighted by atomic mass is 10.1. The number of amides is 2. The smallest absolute Gasteiger partial charge is 0.271 e. The van der Waals surface area contributed by atoms with Gasteiger partial charge in [0.25, 0.3) is 5.91 Å². The number of nitrogens with zero attached hydrogens (tertiary/aromatic N) is 1. The number of fused-ring (bicyclic) bond motifs is 2. The third-order valence-electron chi connectivity index (χ3n) is 4.43. The third kappa shape index (κ3) is 4.35. The molecule has 4 rings (SSSR count). The van der Waals surface area contributed by atoms with Crippen molar-refractivity contribution in [1.29, 1.82) is 0 Å². The fourth-order valence-corrected chi connectivity index (χ4v) is 2.99. The van der Waals surface area contributed by atoms with Crippen LogP contribution in [0.3, 0.4) is 0 Å². The SMILES string of the molecule is C/C(CC(=O)Nc1ccc2c(c1)OCO2)=N\NC(=O)c1ccc2ccccc2c1. The minimum Gasteiger partial charge on any atom is -0.454 e. The molecule has 1 aliphatic heterocycles. The average molecular weight is 389 g/mol. The van der Waals surface area contributed by atoms with E-state index in [-0.39, 0.29) is 25.0 Å². The molecule has 3 aromatic rings. The van der Waals surface area contributed by atoms with Crippen LogP contribution in [0.5, 0.6) is 11.5 Å². The van der Waals surface area contributed by atoms with Gasteiger partial charge < -0.3 is 14.8 Å². The number of hydrazone groups is 1. The Morgan fingerprint density at radius 1 is 0.966 bits per heavy atom. The van der Waals surface area contributed by atoms with E-state index in [0.717, 1.165) is 10.8 Å². The summed E-state index contributed by atoms with van der Waals surface area (Å²) in [7, 11) is 0. The van der Waals surface area contributed by atoms with Gasteiger partial charge in [0.1, 0.15) is 0 Å². The van der Waals surface area contributed by atoms with Gasteiger partial charge in [-0.2, -0.15) is 5.10 Å². The Balaban J connectivity index is 1.34. The molecule has 0 radical (unpaired) electrons. The number of carbonyl (C=O) groups is 2. The molecule has 0 saturated heterocycles. The van der Waals surface area contributed by atoms with E-state index >= 15 is 0 Å². The molecule has 2 amide bonds. The van der Waals surface area contributed by atoms with Crippen molar-refractivity contribution in [3.63, 3.8) is 0 Å². The molecule has 0 fully saturated rings. The molecule has 0 bridgehead atoms. The summed E-state index contributed by atoms with van der Waals surface area (Å²) in [6.07, 6.45) is 0.0481. The van der Waals surface area contributed by atoms with Crippen LogP contribution in [0.4, 0.5) is 5.69 Å². The molecule has 7 heteroatoms. The van der Waals surface area contributed by atoms with Crippen molar-refractivity contribution < 1.29 is 19.1 Å². The van der Waals surface area contributed by atoms with E-state index in [0.29, 0.717) is 28.5 Å². The van der Waals surface area contributed by atoms with Crippen molar-refractivity contribution in [1.82, 2.24) is 5.43 Å². The summed E-state index contributed by atoms with van der Waals surface area (Å²) in [6, 6.07) is 18.4. The molecule has 0 saturated carbocycles. The highest BCUT2D eigenvalue weighted by Crippen LogP contribution is 2.34. The molecule has 3 aromatic carbocycles. The van der Waals surface area contributed by atoms with Gasteiger partial charge in [-0.15, -0.1) is 0 Å². The van der Waals surface area contributed by atoms with Crippen LogP contribution in [0.2, 0.25) is 0 Å². The van der Waals surface area contributed by atoms with E-state index in [9.17, 15) is 9.59 Å². The molecule has 1 aliphatic rings. The highest BCUT2D eigenvalue weighted by Gasteiger charge is 2.14. The van der Waals surface area contributed by atoms with E-state index in [1.54, 1.807) is 31.2 Å². The van der Waals surface area contributed by atoms with Crippen molar-refractivity contribution >= 4 is 34.0 Å². The van der Waals surface area contributed by atoms with Gasteiger partial charge in [0.05, 0.1) is 6.42 Å². The maximum atomic E-state index is 12.3. The van der Waals surface area contributed by atoms with Gasteiger partial charge in [-0.3, -0.25) is 9.59 Å². The maximum Gasteiger partial charge on any atom is 0.271 e. The zero-order chi connectivity index (χ0) is 20.2. The monoisotopic (exact) mass is 389 g/mol. The first kappa shape index (κ1) is 18.5. The minimum atomic E-state index is -0.328. The Hall–Kier alpha value is -3.87. The summed E-state index contributed by atoms with van der Waals surface area (Å²) in [5.74, 6) is 0.671. The lowest BCUT2D eigenvalue weighted by Crippen LogP contribution is -2.21. The van der Waals surface area contributed by atoms with Crippen molar-refractivity contribution in [3.05, 3.63) is 66.2 Å². The van der Waals surface area contributed by atoms with Gasteiger partial charge in [-0.05, 0) is 42.0 Å². The topological polar surface area (TPSA) is 89.0 Å². The summed E-state index contributed by atoms with van der Waals surface area (Å²) < 4.78 is 10.5. The Morgan fingerprint density at radius 3 is 2.62 bits per heavy atom. The summed E-state index contributed by atoms with van der Waals surface area (Å²) in [5.41, 5.74) is 4.09. The van der Waals surface area contributed by atoms with Gasteiger partial charge in [0.2, 0.25) is 12.7 Å². The molecule has 0 aliphatic carbocycles. The Labute approximate surface area is 167 Å². The number of carbonyl (C=O) groups excluding carboxylic acids is 2. The molecule has 0 spiro atoms. The Kier molecular flexibility index (Phi) is 5.11. The van der Waals surface area contributed by atoms with Gasteiger partial charge >= 0.3 is 0 Å². The van der Waals surface area contributed by atoms with E-state index in [1.807, 2.05) is 36.4 Å². The molecule has 146 valence electrons. The lowest BCUT2D eigenvalue weighted by molar-refractivity contribution is -0.115. The third-order valence-corrected chi connectivity index (χ3v) is 4.43. The van der Waals surface area contributed by atoms with Crippen LogP contribution in [0.1, 0.15) is 23.7 Å². The highest BCUT2D eigenvalue weighted by molar-refractivity contribution is 6.06. The van der Waals surface area contributed by atoms with E-state index in [4.69, 9.17) is 9.47 Å². The first-order valence-electron chi connectivity index (χ1n) is 9.10. The van der Waals surface area contributed by atoms with Crippen LogP contribution >= 0.6 is 0 Å². The number of nitrogens with one attached hydrogen (secondary N) is 2. The number of anilines is 1. The zero-order valence-corrected chi connectivity index (χ0v) is 15.8. The van der Waals surface area contributed by atoms with E-state index in [1.165, 1.54) is 0 Å².